The first-order chi connectivity index (χ1) is 7.18. The molecule has 0 saturated heterocycles. The molecule has 0 bridgehead atoms. The molecule has 78 valence electrons. The number of nitrogens with zero attached hydrogens (tertiary/aromatic N) is 1. The minimum Gasteiger partial charge on any atom is -0.507 e. The normalized spacial score (nSPS) is 19.5. The minimum absolute atomic E-state index is 0.0707. The van der Waals surface area contributed by atoms with Crippen molar-refractivity contribution >= 4 is 11.8 Å². The number of aromatic hydroxyl groups is 1. The van der Waals surface area contributed by atoms with Crippen LogP contribution in [-0.2, 0) is 9.53 Å². The van der Waals surface area contributed by atoms with Crippen LogP contribution in [0.15, 0.2) is 29.3 Å². The summed E-state index contributed by atoms with van der Waals surface area (Å²) in [5.74, 6) is -0.196. The van der Waals surface area contributed by atoms with Crippen LogP contribution < -0.4 is 5.73 Å². The maximum atomic E-state index is 10.8. The molecule has 1 amide bonds. The van der Waals surface area contributed by atoms with Gasteiger partial charge in [-0.05, 0) is 12.1 Å². The van der Waals surface area contributed by atoms with Crippen molar-refractivity contribution < 1.29 is 14.6 Å². The second-order valence-electron chi connectivity index (χ2n) is 3.18. The Morgan fingerprint density at radius 2 is 2.27 bits per heavy atom. The van der Waals surface area contributed by atoms with Gasteiger partial charge in [0.15, 0.2) is 6.04 Å². The highest BCUT2D eigenvalue weighted by Gasteiger charge is 2.25. The number of phenolic OH excluding ortho intramolecular Hbond substituents is 1. The number of carbonyl (C=O) groups excluding carboxylic acids is 1. The van der Waals surface area contributed by atoms with Crippen LogP contribution in [0.25, 0.3) is 0 Å². The van der Waals surface area contributed by atoms with Crippen molar-refractivity contribution in [1.82, 2.24) is 0 Å². The van der Waals surface area contributed by atoms with Crippen LogP contribution in [0.2, 0.25) is 0 Å². The summed E-state index contributed by atoms with van der Waals surface area (Å²) >= 11 is 0. The van der Waals surface area contributed by atoms with Crippen LogP contribution in [-0.4, -0.2) is 29.6 Å². The van der Waals surface area contributed by atoms with Crippen LogP contribution in [0.4, 0.5) is 0 Å². The number of nitrogens with two attached hydrogens (primary N) is 1. The maximum Gasteiger partial charge on any atom is 0.245 e. The zero-order chi connectivity index (χ0) is 10.8. The van der Waals surface area contributed by atoms with Gasteiger partial charge in [0.05, 0.1) is 5.56 Å². The average Bonchev–Trinajstić information content (AvgIpc) is 2.67. The fourth-order valence-corrected chi connectivity index (χ4v) is 1.32. The average molecular weight is 206 g/mol. The lowest BCUT2D eigenvalue weighted by atomic mass is 10.2. The summed E-state index contributed by atoms with van der Waals surface area (Å²) in [6, 6.07) is 5.98. The van der Waals surface area contributed by atoms with E-state index >= 15 is 0 Å². The fourth-order valence-electron chi connectivity index (χ4n) is 1.32. The molecule has 1 aromatic rings. The van der Waals surface area contributed by atoms with E-state index in [0.29, 0.717) is 5.56 Å². The van der Waals surface area contributed by atoms with Gasteiger partial charge in [-0.1, -0.05) is 12.1 Å². The lowest BCUT2D eigenvalue weighted by molar-refractivity contribution is -0.119. The molecular weight excluding hydrogens is 196 g/mol. The second-order valence-corrected chi connectivity index (χ2v) is 3.18. The lowest BCUT2D eigenvalue weighted by Gasteiger charge is -2.02. The Hall–Kier alpha value is -2.04. The number of carbonyl (C=O) groups is 1. The molecule has 1 aromatic carbocycles. The minimum atomic E-state index is -0.653. The quantitative estimate of drug-likeness (QED) is 0.715. The predicted molar refractivity (Wildman–Crippen MR) is 53.6 cm³/mol. The Bertz CT molecular complexity index is 428. The van der Waals surface area contributed by atoms with Gasteiger partial charge in [0.1, 0.15) is 12.4 Å². The molecule has 0 spiro atoms. The van der Waals surface area contributed by atoms with Crippen molar-refractivity contribution in [2.24, 2.45) is 10.7 Å². The Balaban J connectivity index is 2.30. The molecule has 15 heavy (non-hydrogen) atoms. The molecule has 1 heterocycles. The Kier molecular flexibility index (Phi) is 2.29. The molecule has 0 aliphatic carbocycles. The number of benzene rings is 1. The molecule has 0 radical (unpaired) electrons. The van der Waals surface area contributed by atoms with E-state index in [1.54, 1.807) is 18.2 Å². The molecule has 0 saturated carbocycles. The number of rotatable bonds is 2. The molecule has 0 fully saturated rings. The van der Waals surface area contributed by atoms with Gasteiger partial charge in [-0.15, -0.1) is 0 Å². The molecule has 5 heteroatoms. The molecule has 3 N–H and O–H groups in total. The molecule has 2 rings (SSSR count). The fraction of sp³-hybridized carbons (Fsp3) is 0.200. The molecule has 1 atom stereocenters. The largest absolute Gasteiger partial charge is 0.507 e. The lowest BCUT2D eigenvalue weighted by Crippen LogP contribution is -2.27. The van der Waals surface area contributed by atoms with Crippen LogP contribution >= 0.6 is 0 Å². The van der Waals surface area contributed by atoms with Crippen LogP contribution in [0.3, 0.4) is 0 Å². The third-order valence-electron chi connectivity index (χ3n) is 2.11. The Morgan fingerprint density at radius 3 is 2.87 bits per heavy atom. The van der Waals surface area contributed by atoms with E-state index < -0.39 is 11.9 Å². The zero-order valence-corrected chi connectivity index (χ0v) is 7.88. The summed E-state index contributed by atoms with van der Waals surface area (Å²) in [6.07, 6.45) is 0. The molecule has 0 aromatic heterocycles. The van der Waals surface area contributed by atoms with Crippen molar-refractivity contribution in [3.05, 3.63) is 29.8 Å². The second kappa shape index (κ2) is 3.61. The highest BCUT2D eigenvalue weighted by Crippen LogP contribution is 2.20. The zero-order valence-electron chi connectivity index (χ0n) is 7.88. The van der Waals surface area contributed by atoms with Crippen molar-refractivity contribution in [3.8, 4) is 5.75 Å². The first-order valence-electron chi connectivity index (χ1n) is 4.47. The van der Waals surface area contributed by atoms with Crippen molar-refractivity contribution in [1.29, 1.82) is 0 Å². The van der Waals surface area contributed by atoms with Gasteiger partial charge in [0, 0.05) is 0 Å². The Labute approximate surface area is 86.2 Å². The van der Waals surface area contributed by atoms with Gasteiger partial charge < -0.3 is 15.6 Å². The van der Waals surface area contributed by atoms with Gasteiger partial charge in [-0.3, -0.25) is 4.79 Å². The number of phenols is 1. The molecule has 5 nitrogen and oxygen atoms in total. The standard InChI is InChI=1S/C10H10N2O3/c11-9(14)7-5-15-10(12-7)6-3-1-2-4-8(6)13/h1-4,7,13H,5H2,(H2,11,14)/t7-/m0/s1. The topological polar surface area (TPSA) is 84.9 Å². The van der Waals surface area contributed by atoms with E-state index in [-0.39, 0.29) is 18.3 Å². The van der Waals surface area contributed by atoms with Gasteiger partial charge in [0.2, 0.25) is 11.8 Å². The van der Waals surface area contributed by atoms with E-state index in [2.05, 4.69) is 4.99 Å². The van der Waals surface area contributed by atoms with E-state index in [1.807, 2.05) is 0 Å². The molecule has 1 aliphatic rings. The van der Waals surface area contributed by atoms with Gasteiger partial charge in [-0.25, -0.2) is 4.99 Å². The smallest absolute Gasteiger partial charge is 0.245 e. The molecular formula is C10H10N2O3. The third kappa shape index (κ3) is 1.76. The number of hydrogen-bond donors (Lipinski definition) is 2. The summed E-state index contributed by atoms with van der Waals surface area (Å²) < 4.78 is 5.18. The van der Waals surface area contributed by atoms with E-state index in [9.17, 15) is 9.90 Å². The van der Waals surface area contributed by atoms with Gasteiger partial charge >= 0.3 is 0 Å². The molecule has 1 aliphatic heterocycles. The van der Waals surface area contributed by atoms with Crippen LogP contribution in [0, 0.1) is 0 Å². The monoisotopic (exact) mass is 206 g/mol. The first kappa shape index (κ1) is 9.51. The van der Waals surface area contributed by atoms with Gasteiger partial charge in [0.25, 0.3) is 0 Å². The van der Waals surface area contributed by atoms with E-state index in [0.717, 1.165) is 0 Å². The number of para-hydroxylation sites is 1. The van der Waals surface area contributed by atoms with Crippen molar-refractivity contribution in [3.63, 3.8) is 0 Å². The predicted octanol–water partition coefficient (Wildman–Crippen LogP) is 0.0229. The van der Waals surface area contributed by atoms with Crippen LogP contribution in [0.1, 0.15) is 5.56 Å². The SMILES string of the molecule is NC(=O)[C@@H]1COC(c2ccccc2O)=N1. The number of aliphatic imine (C=N–C) groups is 1. The van der Waals surface area contributed by atoms with E-state index in [4.69, 9.17) is 10.5 Å². The summed E-state index contributed by atoms with van der Waals surface area (Å²) in [6.45, 7) is 0.138. The first-order valence-corrected chi connectivity index (χ1v) is 4.47. The van der Waals surface area contributed by atoms with E-state index in [1.165, 1.54) is 6.07 Å². The molecule has 0 unspecified atom stereocenters. The highest BCUT2D eigenvalue weighted by molar-refractivity contribution is 6.00. The van der Waals surface area contributed by atoms with Gasteiger partial charge in [-0.2, -0.15) is 0 Å². The van der Waals surface area contributed by atoms with Crippen LogP contribution in [0.5, 0.6) is 5.75 Å². The van der Waals surface area contributed by atoms with Crippen molar-refractivity contribution in [2.75, 3.05) is 6.61 Å². The maximum absolute atomic E-state index is 10.8. The number of ether oxygens (including phenoxy) is 1. The summed E-state index contributed by atoms with van der Waals surface area (Å²) in [5, 5.41) is 9.52. The number of amides is 1. The number of hydrogen-bond acceptors (Lipinski definition) is 4. The summed E-state index contributed by atoms with van der Waals surface area (Å²) in [4.78, 5) is 14.8. The summed E-state index contributed by atoms with van der Waals surface area (Å²) in [5.41, 5.74) is 5.56. The Morgan fingerprint density at radius 1 is 1.53 bits per heavy atom. The summed E-state index contributed by atoms with van der Waals surface area (Å²) in [7, 11) is 0. The highest BCUT2D eigenvalue weighted by atomic mass is 16.5. The third-order valence-corrected chi connectivity index (χ3v) is 2.11. The number of primary amides is 1. The van der Waals surface area contributed by atoms with Crippen molar-refractivity contribution in [2.45, 2.75) is 6.04 Å².